The molecule has 0 radical (unpaired) electrons. The number of hydrogen-bond acceptors (Lipinski definition) is 6. The molecule has 0 saturated heterocycles. The van der Waals surface area contributed by atoms with Crippen LogP contribution in [0, 0.1) is 6.92 Å². The molecule has 0 bridgehead atoms. The fourth-order valence-electron chi connectivity index (χ4n) is 4.85. The highest BCUT2D eigenvalue weighted by molar-refractivity contribution is 6.37. The Morgan fingerprint density at radius 3 is 2.49 bits per heavy atom. The van der Waals surface area contributed by atoms with E-state index >= 15 is 0 Å². The molecular weight excluding hydrogens is 530 g/mol. The molecule has 1 atom stereocenters. The van der Waals surface area contributed by atoms with Gasteiger partial charge in [-0.2, -0.15) is 0 Å². The van der Waals surface area contributed by atoms with Gasteiger partial charge in [0, 0.05) is 44.5 Å². The van der Waals surface area contributed by atoms with Crippen molar-refractivity contribution in [3.63, 3.8) is 0 Å². The average Bonchev–Trinajstić information content (AvgIpc) is 2.94. The second-order valence-electron chi connectivity index (χ2n) is 10.2. The van der Waals surface area contributed by atoms with Gasteiger partial charge in [0.25, 0.3) is 0 Å². The monoisotopic (exact) mass is 571 g/mol. The highest BCUT2D eigenvalue weighted by atomic mass is 35.5. The van der Waals surface area contributed by atoms with Crippen LogP contribution in [0.5, 0.6) is 0 Å². The third-order valence-corrected chi connectivity index (χ3v) is 7.38. The molecule has 0 fully saturated rings. The topological polar surface area (TPSA) is 63.1 Å². The predicted molar refractivity (Wildman–Crippen MR) is 175 cm³/mol. The van der Waals surface area contributed by atoms with Crippen molar-refractivity contribution in [2.24, 2.45) is 4.99 Å². The molecule has 1 aliphatic heterocycles. The Bertz CT molecular complexity index is 1410. The molecule has 2 aromatic rings. The zero-order valence-electron chi connectivity index (χ0n) is 24.9. The van der Waals surface area contributed by atoms with Crippen molar-refractivity contribution in [3.05, 3.63) is 125 Å². The fraction of sp³-hybridized carbons (Fsp3) is 0.265. The molecule has 41 heavy (non-hydrogen) atoms. The summed E-state index contributed by atoms with van der Waals surface area (Å²) >= 11 is 7.09. The lowest BCUT2D eigenvalue weighted by Gasteiger charge is -2.28. The normalized spacial score (nSPS) is 19.8. The molecule has 0 saturated carbocycles. The quantitative estimate of drug-likeness (QED) is 0.161. The van der Waals surface area contributed by atoms with Gasteiger partial charge < -0.3 is 20.3 Å². The Morgan fingerprint density at radius 2 is 1.83 bits per heavy atom. The third-order valence-electron chi connectivity index (χ3n) is 6.97. The summed E-state index contributed by atoms with van der Waals surface area (Å²) in [7, 11) is 7.97. The van der Waals surface area contributed by atoms with Gasteiger partial charge in [0.05, 0.1) is 10.7 Å². The minimum absolute atomic E-state index is 0.0576. The van der Waals surface area contributed by atoms with Crippen molar-refractivity contribution in [3.8, 4) is 11.1 Å². The second kappa shape index (κ2) is 15.4. The number of aliphatic imine (C=N–C) groups is 1. The molecular formula is C34H42ClN5O. The molecule has 3 N–H and O–H groups in total. The van der Waals surface area contributed by atoms with Crippen LogP contribution in [0.2, 0.25) is 5.02 Å². The van der Waals surface area contributed by atoms with Crippen LogP contribution >= 0.6 is 11.6 Å². The lowest BCUT2D eigenvalue weighted by molar-refractivity contribution is 0.178. The van der Waals surface area contributed by atoms with Crippen molar-refractivity contribution in [1.82, 2.24) is 20.6 Å². The maximum absolute atomic E-state index is 9.09. The molecule has 6 nitrogen and oxygen atoms in total. The first-order valence-corrected chi connectivity index (χ1v) is 14.0. The van der Waals surface area contributed by atoms with Crippen LogP contribution in [0.15, 0.2) is 108 Å². The average molecular weight is 572 g/mol. The van der Waals surface area contributed by atoms with Gasteiger partial charge in [0.1, 0.15) is 6.17 Å². The number of likely N-dealkylation sites (N-methyl/N-ethyl adjacent to an activating group) is 2. The van der Waals surface area contributed by atoms with Gasteiger partial charge in [-0.05, 0) is 79.7 Å². The SMILES string of the molecule is C=CNC1\C=C(c2cccc(-c3cccc(C(/C=C\C(=C\C)CNO)=N/C)c3Cl)c2C)/C=C\C(CN(C)C)=C/N1C. The van der Waals surface area contributed by atoms with Gasteiger partial charge in [0.15, 0.2) is 0 Å². The van der Waals surface area contributed by atoms with Gasteiger partial charge in [-0.15, -0.1) is 0 Å². The van der Waals surface area contributed by atoms with E-state index in [1.807, 2.05) is 37.3 Å². The van der Waals surface area contributed by atoms with E-state index in [-0.39, 0.29) is 6.17 Å². The second-order valence-corrected chi connectivity index (χ2v) is 10.5. The molecule has 216 valence electrons. The van der Waals surface area contributed by atoms with Gasteiger partial charge in [0.2, 0.25) is 0 Å². The molecule has 0 aromatic heterocycles. The standard InChI is InChI=1S/C34H42ClN5O/c1-8-25(21-38-41)17-19-32(36-4)31-15-11-14-30(34(31)35)29-13-10-12-28(24(29)3)27-18-16-26(22-39(5)6)23-40(7)33(20-27)37-9-2/h8-20,23,33,37-38,41H,2,21-22H2,1,3-7H3/b18-16-,19-17-,25-8-,26-23+,27-20+,36-32+. The van der Waals surface area contributed by atoms with Crippen molar-refractivity contribution in [1.29, 1.82) is 0 Å². The molecule has 2 aromatic carbocycles. The van der Waals surface area contributed by atoms with Crippen LogP contribution in [0.1, 0.15) is 23.6 Å². The van der Waals surface area contributed by atoms with Crippen molar-refractivity contribution in [2.45, 2.75) is 20.0 Å². The van der Waals surface area contributed by atoms with Crippen molar-refractivity contribution >= 4 is 22.9 Å². The van der Waals surface area contributed by atoms with Crippen LogP contribution in [-0.2, 0) is 0 Å². The third kappa shape index (κ3) is 8.18. The van der Waals surface area contributed by atoms with Gasteiger partial charge in [-0.3, -0.25) is 4.99 Å². The zero-order chi connectivity index (χ0) is 29.9. The van der Waals surface area contributed by atoms with E-state index < -0.39 is 0 Å². The van der Waals surface area contributed by atoms with E-state index in [4.69, 9.17) is 16.8 Å². The minimum atomic E-state index is -0.0576. The number of halogens is 1. The van der Waals surface area contributed by atoms with Crippen LogP contribution in [-0.4, -0.2) is 68.2 Å². The van der Waals surface area contributed by atoms with E-state index in [0.717, 1.165) is 51.2 Å². The number of allylic oxidation sites excluding steroid dienone is 4. The van der Waals surface area contributed by atoms with Crippen LogP contribution in [0.4, 0.5) is 0 Å². The van der Waals surface area contributed by atoms with E-state index in [1.54, 1.807) is 13.2 Å². The van der Waals surface area contributed by atoms with E-state index in [9.17, 15) is 0 Å². The summed E-state index contributed by atoms with van der Waals surface area (Å²) in [6.07, 6.45) is 16.2. The number of nitrogens with zero attached hydrogens (tertiary/aromatic N) is 3. The Morgan fingerprint density at radius 1 is 1.12 bits per heavy atom. The lowest BCUT2D eigenvalue weighted by atomic mass is 9.90. The van der Waals surface area contributed by atoms with Crippen LogP contribution < -0.4 is 10.8 Å². The summed E-state index contributed by atoms with van der Waals surface area (Å²) < 4.78 is 0. The van der Waals surface area contributed by atoms with Gasteiger partial charge in [-0.25, -0.2) is 5.48 Å². The van der Waals surface area contributed by atoms with E-state index in [2.05, 4.69) is 109 Å². The first-order valence-electron chi connectivity index (χ1n) is 13.6. The molecule has 1 heterocycles. The summed E-state index contributed by atoms with van der Waals surface area (Å²) in [4.78, 5) is 8.83. The predicted octanol–water partition coefficient (Wildman–Crippen LogP) is 6.61. The highest BCUT2D eigenvalue weighted by Gasteiger charge is 2.18. The smallest absolute Gasteiger partial charge is 0.118 e. The molecule has 1 aliphatic rings. The van der Waals surface area contributed by atoms with Crippen LogP contribution in [0.25, 0.3) is 16.7 Å². The summed E-state index contributed by atoms with van der Waals surface area (Å²) in [6.45, 7) is 9.15. The summed E-state index contributed by atoms with van der Waals surface area (Å²) in [5.41, 5.74) is 11.3. The zero-order valence-corrected chi connectivity index (χ0v) is 25.7. The molecule has 0 spiro atoms. The van der Waals surface area contributed by atoms with Crippen LogP contribution in [0.3, 0.4) is 0 Å². The van der Waals surface area contributed by atoms with Gasteiger partial charge in [-0.1, -0.05) is 78.9 Å². The number of hydrogen-bond donors (Lipinski definition) is 3. The summed E-state index contributed by atoms with van der Waals surface area (Å²) in [5.74, 6) is 0. The molecule has 3 rings (SSSR count). The Balaban J connectivity index is 2.09. The Hall–Kier alpha value is -3.68. The van der Waals surface area contributed by atoms with Crippen molar-refractivity contribution < 1.29 is 5.21 Å². The maximum atomic E-state index is 9.09. The largest absolute Gasteiger partial charge is 0.369 e. The minimum Gasteiger partial charge on any atom is -0.369 e. The molecule has 0 amide bonds. The highest BCUT2D eigenvalue weighted by Crippen LogP contribution is 2.36. The molecule has 0 aliphatic carbocycles. The van der Waals surface area contributed by atoms with Crippen molar-refractivity contribution in [2.75, 3.05) is 41.3 Å². The number of nitrogens with one attached hydrogen (secondary N) is 2. The summed E-state index contributed by atoms with van der Waals surface area (Å²) in [5, 5.41) is 13.1. The fourth-order valence-corrected chi connectivity index (χ4v) is 5.17. The Labute approximate surface area is 250 Å². The first kappa shape index (κ1) is 31.8. The Kier molecular flexibility index (Phi) is 11.9. The van der Waals surface area contributed by atoms with E-state index in [0.29, 0.717) is 11.6 Å². The van der Waals surface area contributed by atoms with E-state index in [1.165, 1.54) is 5.57 Å². The van der Waals surface area contributed by atoms with Gasteiger partial charge >= 0.3 is 0 Å². The summed E-state index contributed by atoms with van der Waals surface area (Å²) in [6, 6.07) is 12.4. The number of benzene rings is 2. The first-order chi connectivity index (χ1) is 19.7. The lowest BCUT2D eigenvalue weighted by Crippen LogP contribution is -2.37. The number of hydroxylamine groups is 1. The number of rotatable bonds is 11. The molecule has 7 heteroatoms. The molecule has 1 unspecified atom stereocenters. The maximum Gasteiger partial charge on any atom is 0.118 e.